The molecule has 0 radical (unpaired) electrons. The highest BCUT2D eigenvalue weighted by Crippen LogP contribution is 2.41. The highest BCUT2D eigenvalue weighted by atomic mass is 28.3. The number of hydrogen-bond acceptors (Lipinski definition) is 7. The first-order valence-electron chi connectivity index (χ1n) is 13.4. The van der Waals surface area contributed by atoms with Crippen LogP contribution in [-0.4, -0.2) is 73.4 Å². The van der Waals surface area contributed by atoms with Crippen LogP contribution in [0.5, 0.6) is 0 Å². The van der Waals surface area contributed by atoms with E-state index in [2.05, 4.69) is 39.8 Å². The average molecular weight is 632 g/mol. The van der Waals surface area contributed by atoms with Crippen molar-refractivity contribution in [1.29, 1.82) is 0 Å². The number of carbonyl (C=O) groups excluding carboxylic acids is 2. The number of nitrogens with one attached hydrogen (secondary N) is 1. The number of ether oxygens (including phenoxy) is 2. The van der Waals surface area contributed by atoms with Crippen molar-refractivity contribution < 1.29 is 45.4 Å². The van der Waals surface area contributed by atoms with Gasteiger partial charge in [-0.15, -0.1) is 13.2 Å². The van der Waals surface area contributed by atoms with Crippen molar-refractivity contribution in [3.63, 3.8) is 0 Å². The van der Waals surface area contributed by atoms with E-state index in [0.29, 0.717) is 6.61 Å². The van der Waals surface area contributed by atoms with Gasteiger partial charge in [-0.05, 0) is 30.3 Å². The summed E-state index contributed by atoms with van der Waals surface area (Å²) >= 11 is 0. The predicted molar refractivity (Wildman–Crippen MR) is 147 cm³/mol. The Bertz CT molecular complexity index is 1480. The molecule has 1 aliphatic heterocycles. The van der Waals surface area contributed by atoms with E-state index in [0.717, 1.165) is 24.2 Å². The van der Waals surface area contributed by atoms with Crippen molar-refractivity contribution >= 4 is 36.6 Å². The van der Waals surface area contributed by atoms with Gasteiger partial charge in [-0.1, -0.05) is 19.6 Å². The summed E-state index contributed by atoms with van der Waals surface area (Å²) in [5.74, 6) is -3.10. The van der Waals surface area contributed by atoms with E-state index in [1.54, 1.807) is 0 Å². The smallest absolute Gasteiger partial charge is 0.359 e. The fourth-order valence-corrected chi connectivity index (χ4v) is 5.35. The van der Waals surface area contributed by atoms with E-state index in [1.807, 2.05) is 0 Å². The third-order valence-corrected chi connectivity index (χ3v) is 8.46. The van der Waals surface area contributed by atoms with Crippen LogP contribution in [0.4, 0.5) is 32.2 Å². The van der Waals surface area contributed by atoms with E-state index < -0.39 is 63.1 Å². The molecule has 2 atom stereocenters. The van der Waals surface area contributed by atoms with Gasteiger partial charge >= 0.3 is 6.36 Å². The number of hydrogen-bond donors (Lipinski definition) is 1. The van der Waals surface area contributed by atoms with Gasteiger partial charge in [-0.2, -0.15) is 5.10 Å². The molecule has 1 saturated heterocycles. The van der Waals surface area contributed by atoms with Gasteiger partial charge in [-0.25, -0.2) is 22.8 Å². The molecular weight excluding hydrogens is 600 g/mol. The lowest BCUT2D eigenvalue weighted by molar-refractivity contribution is -0.321. The van der Waals surface area contributed by atoms with Gasteiger partial charge in [0.25, 0.3) is 0 Å². The molecule has 2 aromatic heterocycles. The van der Waals surface area contributed by atoms with Gasteiger partial charge in [0.2, 0.25) is 5.91 Å². The molecule has 16 heteroatoms. The van der Waals surface area contributed by atoms with Crippen LogP contribution < -0.4 is 10.2 Å². The molecule has 0 unspecified atom stereocenters. The molecule has 1 aliphatic rings. The molecule has 0 saturated carbocycles. The molecule has 0 bridgehead atoms. The van der Waals surface area contributed by atoms with Crippen LogP contribution in [0, 0.1) is 11.6 Å². The number of carbonyl (C=O) groups is 2. The number of halogens is 6. The molecule has 1 N–H and O–H groups in total. The number of nitrogens with zero attached hydrogens (tertiary/aromatic N) is 4. The lowest BCUT2D eigenvalue weighted by atomic mass is 10.0. The Hall–Kier alpha value is -3.50. The minimum Gasteiger partial charge on any atom is -0.359 e. The van der Waals surface area contributed by atoms with Crippen molar-refractivity contribution in [2.24, 2.45) is 0 Å². The molecule has 0 spiro atoms. The Labute approximate surface area is 244 Å². The Kier molecular flexibility index (Phi) is 9.81. The van der Waals surface area contributed by atoms with Gasteiger partial charge in [0.15, 0.2) is 17.2 Å². The molecule has 234 valence electrons. The van der Waals surface area contributed by atoms with Crippen molar-refractivity contribution in [1.82, 2.24) is 20.1 Å². The van der Waals surface area contributed by atoms with Gasteiger partial charge in [0.1, 0.15) is 31.1 Å². The highest BCUT2D eigenvalue weighted by Gasteiger charge is 2.38. The van der Waals surface area contributed by atoms with E-state index in [4.69, 9.17) is 4.74 Å². The first-order chi connectivity index (χ1) is 20.1. The third kappa shape index (κ3) is 8.54. The van der Waals surface area contributed by atoms with Crippen LogP contribution in [0.1, 0.15) is 28.4 Å². The number of Topliss-reactive ketones (excluding diaryl/α,β-unsaturated/α-hetero) is 1. The summed E-state index contributed by atoms with van der Waals surface area (Å²) in [4.78, 5) is 30.3. The predicted octanol–water partition coefficient (Wildman–Crippen LogP) is 5.15. The SMILES string of the molecule is C[Si](C)(C)CCOCn1nc(N2C[C@@H](F)C[C@@H]2c2cc(F)ccc2F)c2cc(C(=O)CNC(=O)COC(F)(F)F)cnc21. The molecule has 9 nitrogen and oxygen atoms in total. The fraction of sp³-hybridized carbons (Fsp3) is 0.481. The largest absolute Gasteiger partial charge is 0.523 e. The molecule has 3 aromatic rings. The monoisotopic (exact) mass is 631 g/mol. The van der Waals surface area contributed by atoms with Crippen molar-refractivity contribution in [2.75, 3.05) is 31.2 Å². The van der Waals surface area contributed by atoms with Crippen molar-refractivity contribution in [3.05, 3.63) is 53.2 Å². The lowest BCUT2D eigenvalue weighted by Crippen LogP contribution is -2.34. The molecule has 1 aromatic carbocycles. The summed E-state index contributed by atoms with van der Waals surface area (Å²) < 4.78 is 90.9. The van der Waals surface area contributed by atoms with E-state index in [1.165, 1.54) is 21.8 Å². The molecule has 4 rings (SSSR count). The first-order valence-corrected chi connectivity index (χ1v) is 17.1. The van der Waals surface area contributed by atoms with Gasteiger partial charge in [-0.3, -0.25) is 14.3 Å². The Morgan fingerprint density at radius 1 is 1.16 bits per heavy atom. The van der Waals surface area contributed by atoms with Crippen molar-refractivity contribution in [3.8, 4) is 0 Å². The summed E-state index contributed by atoms with van der Waals surface area (Å²) in [7, 11) is -1.40. The Balaban J connectivity index is 1.65. The zero-order valence-corrected chi connectivity index (χ0v) is 24.7. The second-order valence-electron chi connectivity index (χ2n) is 11.4. The molecule has 3 heterocycles. The number of ketones is 1. The average Bonchev–Trinajstić information content (AvgIpc) is 3.48. The lowest BCUT2D eigenvalue weighted by Gasteiger charge is -2.25. The van der Waals surface area contributed by atoms with E-state index in [9.17, 15) is 35.9 Å². The summed E-state index contributed by atoms with van der Waals surface area (Å²) in [6, 6.07) is 4.28. The number of amides is 1. The van der Waals surface area contributed by atoms with Gasteiger partial charge in [0.05, 0.1) is 24.5 Å². The summed E-state index contributed by atoms with van der Waals surface area (Å²) in [5.41, 5.74) is 0.190. The normalized spacial score (nSPS) is 17.6. The number of aromatic nitrogens is 3. The van der Waals surface area contributed by atoms with E-state index >= 15 is 0 Å². The summed E-state index contributed by atoms with van der Waals surface area (Å²) in [6.07, 6.45) is -5.34. The van der Waals surface area contributed by atoms with Crippen LogP contribution in [0.15, 0.2) is 30.5 Å². The number of fused-ring (bicyclic) bond motifs is 1. The van der Waals surface area contributed by atoms with Crippen LogP contribution >= 0.6 is 0 Å². The second-order valence-corrected chi connectivity index (χ2v) is 17.0. The molecule has 1 amide bonds. The minimum absolute atomic E-state index is 0.0190. The quantitative estimate of drug-likeness (QED) is 0.128. The molecule has 43 heavy (non-hydrogen) atoms. The highest BCUT2D eigenvalue weighted by molar-refractivity contribution is 6.76. The minimum atomic E-state index is -5.01. The maximum Gasteiger partial charge on any atom is 0.523 e. The topological polar surface area (TPSA) is 98.6 Å². The number of alkyl halides is 4. The zero-order valence-electron chi connectivity index (χ0n) is 23.7. The van der Waals surface area contributed by atoms with Gasteiger partial charge < -0.3 is 15.0 Å². The molecule has 1 fully saturated rings. The number of pyridine rings is 1. The van der Waals surface area contributed by atoms with Gasteiger partial charge in [0, 0.05) is 38.4 Å². The fourth-order valence-electron chi connectivity index (χ4n) is 4.59. The summed E-state index contributed by atoms with van der Waals surface area (Å²) in [5, 5.41) is 6.90. The number of rotatable bonds is 12. The van der Waals surface area contributed by atoms with Crippen LogP contribution in [0.2, 0.25) is 25.7 Å². The van der Waals surface area contributed by atoms with Crippen molar-refractivity contribution in [2.45, 2.75) is 57.4 Å². The first kappa shape index (κ1) is 32.4. The van der Waals surface area contributed by atoms with Crippen LogP contribution in [0.3, 0.4) is 0 Å². The maximum atomic E-state index is 14.8. The van der Waals surface area contributed by atoms with Crippen LogP contribution in [0.25, 0.3) is 11.0 Å². The summed E-state index contributed by atoms with van der Waals surface area (Å²) in [6.45, 7) is 4.83. The Morgan fingerprint density at radius 2 is 1.91 bits per heavy atom. The number of benzene rings is 1. The third-order valence-electron chi connectivity index (χ3n) is 6.75. The standard InChI is InChI=1S/C27H31F6N5O4Si/c1-43(2,3)7-6-41-15-38-25-20(8-16(11-35-25)23(39)12-34-24(40)14-42-27(31,32)33)26(36-38)37-13-18(29)10-22(37)19-9-17(28)4-5-21(19)30/h4-5,8-9,11,18,22H,6-7,10,12-15H2,1-3H3,(H,34,40)/t18-,22+/m0/s1. The Morgan fingerprint density at radius 3 is 2.60 bits per heavy atom. The molecular formula is C27H31F6N5O4Si. The number of anilines is 1. The maximum absolute atomic E-state index is 14.8. The zero-order chi connectivity index (χ0) is 31.5. The molecule has 0 aliphatic carbocycles. The van der Waals surface area contributed by atoms with E-state index in [-0.39, 0.29) is 47.7 Å². The van der Waals surface area contributed by atoms with Crippen LogP contribution in [-0.2, 0) is 21.0 Å². The second kappa shape index (κ2) is 13.0.